The summed E-state index contributed by atoms with van der Waals surface area (Å²) in [4.78, 5) is 16.1. The van der Waals surface area contributed by atoms with E-state index >= 15 is 0 Å². The van der Waals surface area contributed by atoms with Gasteiger partial charge in [-0.25, -0.2) is 0 Å². The van der Waals surface area contributed by atoms with Crippen molar-refractivity contribution in [3.63, 3.8) is 0 Å². The molecule has 1 fully saturated rings. The molecule has 94 valence electrons. The Morgan fingerprint density at radius 2 is 1.94 bits per heavy atom. The Morgan fingerprint density at radius 3 is 2.44 bits per heavy atom. The van der Waals surface area contributed by atoms with Crippen LogP contribution in [0.2, 0.25) is 0 Å². The van der Waals surface area contributed by atoms with Gasteiger partial charge in [0.25, 0.3) is 0 Å². The fourth-order valence-corrected chi connectivity index (χ4v) is 2.16. The number of carbonyl (C=O) groups is 1. The topological polar surface area (TPSA) is 35.6 Å². The summed E-state index contributed by atoms with van der Waals surface area (Å²) in [6.07, 6.45) is 1.05. The highest BCUT2D eigenvalue weighted by Crippen LogP contribution is 2.17. The second kappa shape index (κ2) is 6.21. The number of carbonyl (C=O) groups excluding carboxylic acids is 1. The molecule has 2 atom stereocenters. The Hall–Kier alpha value is -0.610. The minimum absolute atomic E-state index is 0.185. The lowest BCUT2D eigenvalue weighted by Crippen LogP contribution is -2.37. The van der Waals surface area contributed by atoms with Crippen LogP contribution in [0.25, 0.3) is 0 Å². The van der Waals surface area contributed by atoms with E-state index in [9.17, 15) is 4.79 Å². The Morgan fingerprint density at radius 1 is 1.25 bits per heavy atom. The average Bonchev–Trinajstić information content (AvgIpc) is 2.62. The quantitative estimate of drug-likeness (QED) is 0.731. The van der Waals surface area contributed by atoms with Gasteiger partial charge in [-0.15, -0.1) is 0 Å². The first-order valence-electron chi connectivity index (χ1n) is 6.12. The lowest BCUT2D eigenvalue weighted by atomic mass is 9.97. The van der Waals surface area contributed by atoms with Crippen LogP contribution in [-0.4, -0.2) is 63.0 Å². The second-order valence-electron chi connectivity index (χ2n) is 5.16. The van der Waals surface area contributed by atoms with E-state index in [2.05, 4.69) is 31.2 Å². The normalized spacial score (nSPS) is 25.1. The maximum atomic E-state index is 12.1. The third-order valence-corrected chi connectivity index (χ3v) is 3.31. The van der Waals surface area contributed by atoms with E-state index in [-0.39, 0.29) is 5.92 Å². The van der Waals surface area contributed by atoms with Gasteiger partial charge in [0.2, 0.25) is 5.91 Å². The Kier molecular flexibility index (Phi) is 5.22. The van der Waals surface area contributed by atoms with Crippen molar-refractivity contribution in [1.82, 2.24) is 15.1 Å². The van der Waals surface area contributed by atoms with Crippen LogP contribution in [0, 0.1) is 11.8 Å². The molecule has 0 aromatic rings. The van der Waals surface area contributed by atoms with Crippen molar-refractivity contribution in [2.75, 3.05) is 47.3 Å². The minimum Gasteiger partial charge on any atom is -0.345 e. The molecule has 0 saturated carbocycles. The highest BCUT2D eigenvalue weighted by molar-refractivity contribution is 5.79. The van der Waals surface area contributed by atoms with Crippen molar-refractivity contribution >= 4 is 5.91 Å². The van der Waals surface area contributed by atoms with E-state index in [4.69, 9.17) is 0 Å². The fourth-order valence-electron chi connectivity index (χ4n) is 2.16. The smallest absolute Gasteiger partial charge is 0.227 e. The summed E-state index contributed by atoms with van der Waals surface area (Å²) in [5.74, 6) is 0.962. The van der Waals surface area contributed by atoms with Crippen LogP contribution >= 0.6 is 0 Å². The summed E-state index contributed by atoms with van der Waals surface area (Å²) in [6, 6.07) is 0. The van der Waals surface area contributed by atoms with E-state index in [1.807, 2.05) is 11.9 Å². The molecule has 1 aliphatic heterocycles. The van der Waals surface area contributed by atoms with Gasteiger partial charge in [-0.3, -0.25) is 4.79 Å². The maximum Gasteiger partial charge on any atom is 0.227 e. The van der Waals surface area contributed by atoms with Crippen LogP contribution in [0.1, 0.15) is 13.3 Å². The maximum absolute atomic E-state index is 12.1. The van der Waals surface area contributed by atoms with Crippen molar-refractivity contribution in [3.8, 4) is 0 Å². The monoisotopic (exact) mass is 227 g/mol. The molecule has 1 N–H and O–H groups in total. The summed E-state index contributed by atoms with van der Waals surface area (Å²) < 4.78 is 0. The first kappa shape index (κ1) is 13.5. The average molecular weight is 227 g/mol. The van der Waals surface area contributed by atoms with Crippen LogP contribution in [0.3, 0.4) is 0 Å². The van der Waals surface area contributed by atoms with Gasteiger partial charge in [0, 0.05) is 20.1 Å². The highest BCUT2D eigenvalue weighted by atomic mass is 16.2. The van der Waals surface area contributed by atoms with Crippen molar-refractivity contribution in [2.45, 2.75) is 13.3 Å². The molecule has 0 bridgehead atoms. The number of nitrogens with zero attached hydrogens (tertiary/aromatic N) is 2. The zero-order valence-electron chi connectivity index (χ0n) is 11.0. The lowest BCUT2D eigenvalue weighted by molar-refractivity contribution is -0.134. The number of hydrogen-bond donors (Lipinski definition) is 1. The van der Waals surface area contributed by atoms with E-state index < -0.39 is 0 Å². The molecule has 1 aliphatic rings. The molecule has 0 spiro atoms. The van der Waals surface area contributed by atoms with Crippen LogP contribution in [0.4, 0.5) is 0 Å². The van der Waals surface area contributed by atoms with Crippen LogP contribution in [0.15, 0.2) is 0 Å². The molecule has 4 nitrogen and oxygen atoms in total. The molecule has 0 aromatic carbocycles. The number of nitrogens with one attached hydrogen (secondary N) is 1. The van der Waals surface area contributed by atoms with E-state index in [0.29, 0.717) is 11.8 Å². The molecule has 1 saturated heterocycles. The summed E-state index contributed by atoms with van der Waals surface area (Å²) in [7, 11) is 6.04. The van der Waals surface area contributed by atoms with Crippen molar-refractivity contribution in [1.29, 1.82) is 0 Å². The minimum atomic E-state index is 0.185. The molecule has 4 heteroatoms. The molecule has 1 rings (SSSR count). The first-order chi connectivity index (χ1) is 7.52. The largest absolute Gasteiger partial charge is 0.345 e. The number of amides is 1. The standard InChI is InChI=1S/C12H25N3O/c1-10-8-13-9-11(10)12(16)15(4)7-5-6-14(2)3/h10-11,13H,5-9H2,1-4H3/t10-,11-/m1/s1. The van der Waals surface area contributed by atoms with Gasteiger partial charge >= 0.3 is 0 Å². The third kappa shape index (κ3) is 3.76. The molecule has 1 heterocycles. The number of hydrogen-bond acceptors (Lipinski definition) is 3. The molecular weight excluding hydrogens is 202 g/mol. The van der Waals surface area contributed by atoms with E-state index in [1.54, 1.807) is 0 Å². The van der Waals surface area contributed by atoms with E-state index in [0.717, 1.165) is 32.6 Å². The lowest BCUT2D eigenvalue weighted by Gasteiger charge is -2.23. The molecular formula is C12H25N3O. The molecule has 0 unspecified atom stereocenters. The van der Waals surface area contributed by atoms with Crippen LogP contribution in [-0.2, 0) is 4.79 Å². The molecule has 1 amide bonds. The van der Waals surface area contributed by atoms with Crippen molar-refractivity contribution in [2.24, 2.45) is 11.8 Å². The number of rotatable bonds is 5. The van der Waals surface area contributed by atoms with Crippen molar-refractivity contribution in [3.05, 3.63) is 0 Å². The predicted molar refractivity (Wildman–Crippen MR) is 66.3 cm³/mol. The highest BCUT2D eigenvalue weighted by Gasteiger charge is 2.31. The molecule has 0 aromatic heterocycles. The third-order valence-electron chi connectivity index (χ3n) is 3.31. The van der Waals surface area contributed by atoms with Gasteiger partial charge in [0.05, 0.1) is 5.92 Å². The van der Waals surface area contributed by atoms with E-state index in [1.165, 1.54) is 0 Å². The Bertz CT molecular complexity index is 230. The predicted octanol–water partition coefficient (Wildman–Crippen LogP) is 0.252. The van der Waals surface area contributed by atoms with Gasteiger partial charge in [0.15, 0.2) is 0 Å². The summed E-state index contributed by atoms with van der Waals surface area (Å²) in [5, 5.41) is 3.28. The summed E-state index contributed by atoms with van der Waals surface area (Å²) in [5.41, 5.74) is 0. The summed E-state index contributed by atoms with van der Waals surface area (Å²) >= 11 is 0. The van der Waals surface area contributed by atoms with Crippen LogP contribution in [0.5, 0.6) is 0 Å². The molecule has 0 radical (unpaired) electrons. The van der Waals surface area contributed by atoms with Crippen molar-refractivity contribution < 1.29 is 4.79 Å². The molecule has 0 aliphatic carbocycles. The summed E-state index contributed by atoms with van der Waals surface area (Å²) in [6.45, 7) is 5.87. The van der Waals surface area contributed by atoms with Gasteiger partial charge in [-0.1, -0.05) is 6.92 Å². The SMILES string of the molecule is C[C@@H]1CNC[C@H]1C(=O)N(C)CCCN(C)C. The fraction of sp³-hybridized carbons (Fsp3) is 0.917. The first-order valence-corrected chi connectivity index (χ1v) is 6.12. The zero-order valence-corrected chi connectivity index (χ0v) is 11.0. The van der Waals surface area contributed by atoms with Crippen LogP contribution < -0.4 is 5.32 Å². The van der Waals surface area contributed by atoms with Gasteiger partial charge in [-0.2, -0.15) is 0 Å². The zero-order chi connectivity index (χ0) is 12.1. The van der Waals surface area contributed by atoms with Gasteiger partial charge < -0.3 is 15.1 Å². The van der Waals surface area contributed by atoms with Gasteiger partial charge in [0.1, 0.15) is 0 Å². The second-order valence-corrected chi connectivity index (χ2v) is 5.16. The Balaban J connectivity index is 2.30. The molecule has 16 heavy (non-hydrogen) atoms. The van der Waals surface area contributed by atoms with Gasteiger partial charge in [-0.05, 0) is 39.5 Å². The Labute approximate surface area is 99.0 Å².